The minimum Gasteiger partial charge on any atom is -0.368 e. The average molecular weight is 353 g/mol. The maximum Gasteiger partial charge on any atom is 0.317 e. The van der Waals surface area contributed by atoms with Crippen LogP contribution in [0.2, 0.25) is 0 Å². The topological polar surface area (TPSA) is 35.6 Å². The molecule has 0 radical (unpaired) electrons. The van der Waals surface area contributed by atoms with Crippen molar-refractivity contribution >= 4 is 11.7 Å². The molecule has 0 unspecified atom stereocenters. The van der Waals surface area contributed by atoms with Crippen molar-refractivity contribution < 1.29 is 9.18 Å². The van der Waals surface area contributed by atoms with E-state index in [9.17, 15) is 9.18 Å². The lowest BCUT2D eigenvalue weighted by Crippen LogP contribution is -2.52. The highest BCUT2D eigenvalue weighted by Gasteiger charge is 2.46. The van der Waals surface area contributed by atoms with Crippen LogP contribution >= 0.6 is 0 Å². The van der Waals surface area contributed by atoms with Crippen molar-refractivity contribution in [2.45, 2.75) is 18.3 Å². The zero-order valence-corrected chi connectivity index (χ0v) is 14.8. The van der Waals surface area contributed by atoms with E-state index in [2.05, 4.69) is 22.3 Å². The Kier molecular flexibility index (Phi) is 4.53. The molecule has 136 valence electrons. The number of piperazine rings is 1. The molecular weight excluding hydrogens is 329 g/mol. The van der Waals surface area contributed by atoms with E-state index in [1.54, 1.807) is 6.07 Å². The van der Waals surface area contributed by atoms with Crippen molar-refractivity contribution in [2.75, 3.05) is 37.6 Å². The van der Waals surface area contributed by atoms with Gasteiger partial charge in [0.25, 0.3) is 0 Å². The standard InChI is InChI=1S/C21H24FN3O/c22-19-9-5-4-8-18(19)21(10-11-21)16-23-20(26)25-14-12-24(13-15-25)17-6-2-1-3-7-17/h1-9H,10-16H2,(H,23,26). The molecule has 4 nitrogen and oxygen atoms in total. The molecule has 2 fully saturated rings. The third kappa shape index (κ3) is 3.39. The van der Waals surface area contributed by atoms with Gasteiger partial charge in [-0.2, -0.15) is 0 Å². The summed E-state index contributed by atoms with van der Waals surface area (Å²) in [5.74, 6) is -0.171. The molecule has 4 rings (SSSR count). The lowest BCUT2D eigenvalue weighted by atomic mass is 9.95. The van der Waals surface area contributed by atoms with Gasteiger partial charge in [0.15, 0.2) is 0 Å². The van der Waals surface area contributed by atoms with E-state index in [1.165, 1.54) is 11.8 Å². The first-order valence-corrected chi connectivity index (χ1v) is 9.26. The molecule has 1 aliphatic carbocycles. The fourth-order valence-electron chi connectivity index (χ4n) is 3.75. The van der Waals surface area contributed by atoms with Gasteiger partial charge in [0.05, 0.1) is 0 Å². The SMILES string of the molecule is O=C(NCC1(c2ccccc2F)CC1)N1CCN(c2ccccc2)CC1. The molecule has 0 bridgehead atoms. The summed E-state index contributed by atoms with van der Waals surface area (Å²) in [6, 6.07) is 17.1. The third-order valence-corrected chi connectivity index (χ3v) is 5.56. The molecule has 1 saturated heterocycles. The Balaban J connectivity index is 1.31. The van der Waals surface area contributed by atoms with Crippen LogP contribution in [0.15, 0.2) is 54.6 Å². The molecule has 0 aromatic heterocycles. The lowest BCUT2D eigenvalue weighted by Gasteiger charge is -2.36. The van der Waals surface area contributed by atoms with Gasteiger partial charge in [-0.15, -0.1) is 0 Å². The first kappa shape index (κ1) is 16.9. The van der Waals surface area contributed by atoms with E-state index >= 15 is 0 Å². The van der Waals surface area contributed by atoms with Crippen LogP contribution in [0, 0.1) is 5.82 Å². The van der Waals surface area contributed by atoms with Crippen LogP contribution in [0.5, 0.6) is 0 Å². The molecule has 2 amide bonds. The number of carbonyl (C=O) groups excluding carboxylic acids is 1. The van der Waals surface area contributed by atoms with Crippen molar-refractivity contribution in [3.8, 4) is 0 Å². The summed E-state index contributed by atoms with van der Waals surface area (Å²) in [4.78, 5) is 16.7. The Morgan fingerprint density at radius 2 is 1.62 bits per heavy atom. The lowest BCUT2D eigenvalue weighted by molar-refractivity contribution is 0.193. The molecule has 1 heterocycles. The minimum atomic E-state index is -0.215. The third-order valence-electron chi connectivity index (χ3n) is 5.56. The van der Waals surface area contributed by atoms with Crippen LogP contribution in [-0.2, 0) is 5.41 Å². The summed E-state index contributed by atoms with van der Waals surface area (Å²) in [7, 11) is 0. The van der Waals surface area contributed by atoms with Crippen LogP contribution in [0.1, 0.15) is 18.4 Å². The first-order chi connectivity index (χ1) is 12.7. The van der Waals surface area contributed by atoms with E-state index in [4.69, 9.17) is 0 Å². The summed E-state index contributed by atoms with van der Waals surface area (Å²) in [6.45, 7) is 3.57. The molecule has 26 heavy (non-hydrogen) atoms. The van der Waals surface area contributed by atoms with Gasteiger partial charge >= 0.3 is 6.03 Å². The molecule has 2 aromatic rings. The summed E-state index contributed by atoms with van der Waals surface area (Å²) < 4.78 is 14.1. The van der Waals surface area contributed by atoms with Crippen molar-refractivity contribution in [1.82, 2.24) is 10.2 Å². The predicted octanol–water partition coefficient (Wildman–Crippen LogP) is 3.39. The van der Waals surface area contributed by atoms with Gasteiger partial charge in [-0.1, -0.05) is 36.4 Å². The van der Waals surface area contributed by atoms with Crippen molar-refractivity contribution in [3.63, 3.8) is 0 Å². The Morgan fingerprint density at radius 3 is 2.27 bits per heavy atom. The van der Waals surface area contributed by atoms with Crippen LogP contribution in [0.4, 0.5) is 14.9 Å². The molecule has 2 aliphatic rings. The van der Waals surface area contributed by atoms with E-state index < -0.39 is 0 Å². The highest BCUT2D eigenvalue weighted by Crippen LogP contribution is 2.48. The number of hydrogen-bond acceptors (Lipinski definition) is 2. The normalized spacial score (nSPS) is 18.5. The van der Waals surface area contributed by atoms with Gasteiger partial charge in [0.2, 0.25) is 0 Å². The number of para-hydroxylation sites is 1. The summed E-state index contributed by atoms with van der Waals surface area (Å²) in [5.41, 5.74) is 1.71. The zero-order chi connectivity index (χ0) is 18.0. The van der Waals surface area contributed by atoms with Crippen molar-refractivity contribution in [2.24, 2.45) is 0 Å². The van der Waals surface area contributed by atoms with E-state index in [-0.39, 0.29) is 17.3 Å². The quantitative estimate of drug-likeness (QED) is 0.915. The Morgan fingerprint density at radius 1 is 0.962 bits per heavy atom. The molecule has 0 atom stereocenters. The molecule has 5 heteroatoms. The highest BCUT2D eigenvalue weighted by atomic mass is 19.1. The molecule has 1 aliphatic heterocycles. The Bertz CT molecular complexity index is 768. The molecule has 1 saturated carbocycles. The van der Waals surface area contributed by atoms with E-state index in [1.807, 2.05) is 35.2 Å². The molecule has 0 spiro atoms. The second-order valence-corrected chi connectivity index (χ2v) is 7.23. The maximum absolute atomic E-state index is 14.1. The highest BCUT2D eigenvalue weighted by molar-refractivity contribution is 5.75. The van der Waals surface area contributed by atoms with Crippen molar-refractivity contribution in [3.05, 3.63) is 66.0 Å². The molecular formula is C21H24FN3O. The fourth-order valence-corrected chi connectivity index (χ4v) is 3.75. The van der Waals surface area contributed by atoms with Gasteiger partial charge in [0.1, 0.15) is 5.82 Å². The second-order valence-electron chi connectivity index (χ2n) is 7.23. The Labute approximate surface area is 153 Å². The predicted molar refractivity (Wildman–Crippen MR) is 101 cm³/mol. The zero-order valence-electron chi connectivity index (χ0n) is 14.8. The average Bonchev–Trinajstić information content (AvgIpc) is 3.48. The number of rotatable bonds is 4. The molecule has 1 N–H and O–H groups in total. The van der Waals surface area contributed by atoms with Crippen LogP contribution in [-0.4, -0.2) is 43.7 Å². The number of urea groups is 1. The summed E-state index contributed by atoms with van der Waals surface area (Å²) >= 11 is 0. The van der Waals surface area contributed by atoms with E-state index in [0.29, 0.717) is 19.6 Å². The summed E-state index contributed by atoms with van der Waals surface area (Å²) in [5, 5.41) is 3.04. The number of benzene rings is 2. The summed E-state index contributed by atoms with van der Waals surface area (Å²) in [6.07, 6.45) is 1.85. The Hall–Kier alpha value is -2.56. The smallest absolute Gasteiger partial charge is 0.317 e. The first-order valence-electron chi connectivity index (χ1n) is 9.26. The monoisotopic (exact) mass is 353 g/mol. The maximum atomic E-state index is 14.1. The number of halogens is 1. The second kappa shape index (κ2) is 6.98. The number of nitrogens with zero attached hydrogens (tertiary/aromatic N) is 2. The fraction of sp³-hybridized carbons (Fsp3) is 0.381. The minimum absolute atomic E-state index is 0.0414. The van der Waals surface area contributed by atoms with Crippen LogP contribution in [0.25, 0.3) is 0 Å². The van der Waals surface area contributed by atoms with E-state index in [0.717, 1.165) is 31.5 Å². The number of nitrogens with one attached hydrogen (secondary N) is 1. The van der Waals surface area contributed by atoms with Crippen LogP contribution < -0.4 is 10.2 Å². The number of anilines is 1. The van der Waals surface area contributed by atoms with Gasteiger partial charge in [-0.05, 0) is 36.6 Å². The van der Waals surface area contributed by atoms with Gasteiger partial charge in [-0.25, -0.2) is 9.18 Å². The largest absolute Gasteiger partial charge is 0.368 e. The number of amides is 2. The number of hydrogen-bond donors (Lipinski definition) is 1. The molecule has 2 aromatic carbocycles. The van der Waals surface area contributed by atoms with Gasteiger partial charge < -0.3 is 15.1 Å². The van der Waals surface area contributed by atoms with Crippen LogP contribution in [0.3, 0.4) is 0 Å². The van der Waals surface area contributed by atoms with Gasteiger partial charge in [0, 0.05) is 43.8 Å². The number of carbonyl (C=O) groups is 1. The van der Waals surface area contributed by atoms with Gasteiger partial charge in [-0.3, -0.25) is 0 Å². The van der Waals surface area contributed by atoms with Crippen molar-refractivity contribution in [1.29, 1.82) is 0 Å².